The Balaban J connectivity index is 2.01. The van der Waals surface area contributed by atoms with Crippen LogP contribution >= 0.6 is 0 Å². The normalized spacial score (nSPS) is 18.8. The minimum atomic E-state index is -1.16. The molecule has 39 heavy (non-hydrogen) atoms. The number of esters is 3. The molecule has 0 aromatic heterocycles. The van der Waals surface area contributed by atoms with Crippen molar-refractivity contribution in [2.45, 2.75) is 143 Å². The molecule has 7 heteroatoms. The number of hydrogen-bond acceptors (Lipinski definition) is 7. The number of allylic oxidation sites excluding steroid dienone is 1. The standard InChI is InChI=1S/C32H56O7/c1-30(2,3)28(35)37-22-20-18-16-14-12-10-8-7-9-11-13-15-17-19-21-26-23-32(24-33,39-27(26)34)25-38-29(36)31(4,5)6/h21,33H,7-20,22-25H2,1-6H3/b26-21+. The predicted octanol–water partition coefficient (Wildman–Crippen LogP) is 7.23. The molecule has 1 atom stereocenters. The first kappa shape index (κ1) is 35.1. The number of aliphatic hydroxyl groups excluding tert-OH is 1. The van der Waals surface area contributed by atoms with Crippen LogP contribution in [-0.2, 0) is 28.6 Å². The maximum atomic E-state index is 12.3. The van der Waals surface area contributed by atoms with Gasteiger partial charge in [0.1, 0.15) is 6.61 Å². The van der Waals surface area contributed by atoms with Gasteiger partial charge in [0.05, 0.1) is 24.0 Å². The van der Waals surface area contributed by atoms with E-state index in [0.717, 1.165) is 32.1 Å². The van der Waals surface area contributed by atoms with E-state index in [0.29, 0.717) is 12.2 Å². The Morgan fingerprint density at radius 3 is 1.67 bits per heavy atom. The van der Waals surface area contributed by atoms with E-state index in [1.54, 1.807) is 20.8 Å². The Labute approximate surface area is 237 Å². The Morgan fingerprint density at radius 1 is 0.769 bits per heavy atom. The van der Waals surface area contributed by atoms with E-state index in [-0.39, 0.29) is 31.6 Å². The van der Waals surface area contributed by atoms with Crippen LogP contribution < -0.4 is 0 Å². The van der Waals surface area contributed by atoms with Crippen LogP contribution in [0.2, 0.25) is 0 Å². The second kappa shape index (κ2) is 17.7. The minimum absolute atomic E-state index is 0.112. The Hall–Kier alpha value is -1.89. The largest absolute Gasteiger partial charge is 0.465 e. The van der Waals surface area contributed by atoms with Crippen molar-refractivity contribution in [1.29, 1.82) is 0 Å². The zero-order valence-electron chi connectivity index (χ0n) is 25.7. The zero-order valence-corrected chi connectivity index (χ0v) is 25.7. The molecule has 1 rings (SSSR count). The van der Waals surface area contributed by atoms with Gasteiger partial charge in [-0.1, -0.05) is 76.7 Å². The molecule has 0 aliphatic carbocycles. The van der Waals surface area contributed by atoms with E-state index >= 15 is 0 Å². The topological polar surface area (TPSA) is 99.1 Å². The summed E-state index contributed by atoms with van der Waals surface area (Å²) in [5.41, 5.74) is -1.65. The molecule has 0 saturated carbocycles. The highest BCUT2D eigenvalue weighted by molar-refractivity contribution is 5.91. The van der Waals surface area contributed by atoms with Crippen molar-refractivity contribution in [2.75, 3.05) is 19.8 Å². The molecule has 0 aromatic carbocycles. The van der Waals surface area contributed by atoms with Crippen LogP contribution in [0, 0.1) is 10.8 Å². The van der Waals surface area contributed by atoms with Crippen molar-refractivity contribution in [2.24, 2.45) is 10.8 Å². The third kappa shape index (κ3) is 14.9. The van der Waals surface area contributed by atoms with E-state index in [1.807, 2.05) is 26.8 Å². The van der Waals surface area contributed by atoms with Crippen LogP contribution in [-0.4, -0.2) is 48.4 Å². The van der Waals surface area contributed by atoms with Crippen molar-refractivity contribution < 1.29 is 33.7 Å². The van der Waals surface area contributed by atoms with Gasteiger partial charge in [0.15, 0.2) is 5.60 Å². The summed E-state index contributed by atoms with van der Waals surface area (Å²) in [5.74, 6) is -0.912. The number of carbonyl (C=O) groups is 3. The first-order valence-electron chi connectivity index (χ1n) is 15.2. The lowest BCUT2D eigenvalue weighted by Gasteiger charge is -2.26. The Kier molecular flexibility index (Phi) is 16.0. The van der Waals surface area contributed by atoms with Crippen LogP contribution in [0.3, 0.4) is 0 Å². The van der Waals surface area contributed by atoms with Gasteiger partial charge in [-0.2, -0.15) is 0 Å². The van der Waals surface area contributed by atoms with Crippen LogP contribution in [0.5, 0.6) is 0 Å². The smallest absolute Gasteiger partial charge is 0.334 e. The van der Waals surface area contributed by atoms with Gasteiger partial charge >= 0.3 is 17.9 Å². The summed E-state index contributed by atoms with van der Waals surface area (Å²) in [6.07, 6.45) is 18.6. The first-order chi connectivity index (χ1) is 18.3. The van der Waals surface area contributed by atoms with Crippen molar-refractivity contribution in [3.63, 3.8) is 0 Å². The lowest BCUT2D eigenvalue weighted by atomic mass is 9.96. The third-order valence-electron chi connectivity index (χ3n) is 7.04. The van der Waals surface area contributed by atoms with Crippen molar-refractivity contribution >= 4 is 17.9 Å². The number of aliphatic hydroxyl groups is 1. The van der Waals surface area contributed by atoms with E-state index in [1.165, 1.54) is 57.8 Å². The molecule has 226 valence electrons. The summed E-state index contributed by atoms with van der Waals surface area (Å²) in [5, 5.41) is 9.81. The highest BCUT2D eigenvalue weighted by Gasteiger charge is 2.45. The summed E-state index contributed by atoms with van der Waals surface area (Å²) in [7, 11) is 0. The minimum Gasteiger partial charge on any atom is -0.465 e. The lowest BCUT2D eigenvalue weighted by molar-refractivity contribution is -0.171. The summed E-state index contributed by atoms with van der Waals surface area (Å²) in [6, 6.07) is 0. The molecular weight excluding hydrogens is 496 g/mol. The SMILES string of the molecule is CC(C)(C)C(=O)OCCCCCCCCCCCCCCC/C=C1\CC(CO)(COC(=O)C(C)(C)C)OC1=O. The molecule has 1 saturated heterocycles. The van der Waals surface area contributed by atoms with E-state index in [4.69, 9.17) is 14.2 Å². The molecule has 1 heterocycles. The average molecular weight is 553 g/mol. The number of unbranched alkanes of at least 4 members (excludes halogenated alkanes) is 13. The van der Waals surface area contributed by atoms with Gasteiger partial charge in [-0.15, -0.1) is 0 Å². The van der Waals surface area contributed by atoms with E-state index < -0.39 is 22.4 Å². The molecule has 0 radical (unpaired) electrons. The van der Waals surface area contributed by atoms with Crippen LogP contribution in [0.1, 0.15) is 138 Å². The van der Waals surface area contributed by atoms with Gasteiger partial charge in [0.2, 0.25) is 0 Å². The van der Waals surface area contributed by atoms with Crippen LogP contribution in [0.15, 0.2) is 11.6 Å². The molecule has 0 aromatic rings. The first-order valence-corrected chi connectivity index (χ1v) is 15.2. The fourth-order valence-corrected chi connectivity index (χ4v) is 4.35. The summed E-state index contributed by atoms with van der Waals surface area (Å²) >= 11 is 0. The quantitative estimate of drug-likeness (QED) is 0.0781. The molecule has 0 amide bonds. The van der Waals surface area contributed by atoms with Gasteiger partial charge in [-0.3, -0.25) is 9.59 Å². The maximum Gasteiger partial charge on any atom is 0.334 e. The molecular formula is C32H56O7. The summed E-state index contributed by atoms with van der Waals surface area (Å²) < 4.78 is 16.0. The number of ether oxygens (including phenoxy) is 3. The van der Waals surface area contributed by atoms with Gasteiger partial charge < -0.3 is 19.3 Å². The van der Waals surface area contributed by atoms with Gasteiger partial charge in [0.25, 0.3) is 0 Å². The monoisotopic (exact) mass is 552 g/mol. The highest BCUT2D eigenvalue weighted by Crippen LogP contribution is 2.32. The predicted molar refractivity (Wildman–Crippen MR) is 154 cm³/mol. The van der Waals surface area contributed by atoms with E-state index in [9.17, 15) is 19.5 Å². The van der Waals surface area contributed by atoms with Crippen LogP contribution in [0.4, 0.5) is 0 Å². The molecule has 7 nitrogen and oxygen atoms in total. The molecule has 1 fully saturated rings. The second-order valence-electron chi connectivity index (χ2n) is 13.2. The van der Waals surface area contributed by atoms with Gasteiger partial charge in [-0.25, -0.2) is 4.79 Å². The Bertz CT molecular complexity index is 772. The summed E-state index contributed by atoms with van der Waals surface area (Å²) in [4.78, 5) is 36.0. The third-order valence-corrected chi connectivity index (χ3v) is 7.04. The number of hydrogen-bond donors (Lipinski definition) is 1. The molecule has 1 aliphatic heterocycles. The van der Waals surface area contributed by atoms with Crippen LogP contribution in [0.25, 0.3) is 0 Å². The highest BCUT2D eigenvalue weighted by atomic mass is 16.6. The second-order valence-corrected chi connectivity index (χ2v) is 13.2. The van der Waals surface area contributed by atoms with Crippen molar-refractivity contribution in [3.05, 3.63) is 11.6 Å². The molecule has 1 N–H and O–H groups in total. The molecule has 1 unspecified atom stereocenters. The number of rotatable bonds is 19. The number of carbonyl (C=O) groups excluding carboxylic acids is 3. The fraction of sp³-hybridized carbons (Fsp3) is 0.844. The van der Waals surface area contributed by atoms with Crippen molar-refractivity contribution in [1.82, 2.24) is 0 Å². The Morgan fingerprint density at radius 2 is 1.21 bits per heavy atom. The van der Waals surface area contributed by atoms with E-state index in [2.05, 4.69) is 0 Å². The fourth-order valence-electron chi connectivity index (χ4n) is 4.35. The number of cyclic esters (lactones) is 1. The average Bonchev–Trinajstić information content (AvgIpc) is 3.18. The molecule has 0 bridgehead atoms. The molecule has 1 aliphatic rings. The van der Waals surface area contributed by atoms with Gasteiger partial charge in [-0.05, 0) is 60.8 Å². The van der Waals surface area contributed by atoms with Crippen molar-refractivity contribution in [3.8, 4) is 0 Å². The summed E-state index contributed by atoms with van der Waals surface area (Å²) in [6.45, 7) is 11.0. The molecule has 0 spiro atoms. The lowest BCUT2D eigenvalue weighted by Crippen LogP contribution is -2.40. The van der Waals surface area contributed by atoms with Gasteiger partial charge in [0, 0.05) is 12.0 Å². The zero-order chi connectivity index (χ0) is 29.4. The maximum absolute atomic E-state index is 12.3.